The fourth-order valence-electron chi connectivity index (χ4n) is 2.69. The minimum atomic E-state index is -2.29. The lowest BCUT2D eigenvalue weighted by molar-refractivity contribution is -0.196. The van der Waals surface area contributed by atoms with Crippen LogP contribution in [0.2, 0.25) is 0 Å². The number of hydrogen-bond donors (Lipinski definition) is 5. The summed E-state index contributed by atoms with van der Waals surface area (Å²) in [6.45, 7) is 0. The van der Waals surface area contributed by atoms with Crippen LogP contribution >= 0.6 is 0 Å². The van der Waals surface area contributed by atoms with Crippen LogP contribution in [0.15, 0.2) is 24.3 Å². The number of ether oxygens (including phenoxy) is 2. The predicted octanol–water partition coefficient (Wildman–Crippen LogP) is -0.343. The average molecular weight is 368 g/mol. The summed E-state index contributed by atoms with van der Waals surface area (Å²) >= 11 is 0. The molecule has 9 heteroatoms. The summed E-state index contributed by atoms with van der Waals surface area (Å²) in [7, 11) is 1.37. The highest BCUT2D eigenvalue weighted by molar-refractivity contribution is 5.87. The first-order valence-corrected chi connectivity index (χ1v) is 7.74. The summed E-state index contributed by atoms with van der Waals surface area (Å²) < 4.78 is 9.92. The van der Waals surface area contributed by atoms with Crippen molar-refractivity contribution in [1.29, 1.82) is 0 Å². The quantitative estimate of drug-likeness (QED) is 0.347. The third-order valence-corrected chi connectivity index (χ3v) is 4.14. The molecule has 0 aromatic heterocycles. The summed E-state index contributed by atoms with van der Waals surface area (Å²) in [4.78, 5) is 23.1. The van der Waals surface area contributed by atoms with E-state index in [4.69, 9.17) is 14.6 Å². The number of benzene rings is 1. The van der Waals surface area contributed by atoms with Crippen LogP contribution in [-0.4, -0.2) is 68.5 Å². The molecule has 0 heterocycles. The van der Waals surface area contributed by atoms with Crippen molar-refractivity contribution in [2.24, 2.45) is 0 Å². The van der Waals surface area contributed by atoms with Gasteiger partial charge in [-0.25, -0.2) is 9.59 Å². The maximum atomic E-state index is 11.9. The van der Waals surface area contributed by atoms with Gasteiger partial charge in [0.2, 0.25) is 0 Å². The van der Waals surface area contributed by atoms with E-state index in [1.807, 2.05) is 0 Å². The number of carboxylic acid groups (broad SMARTS) is 1. The van der Waals surface area contributed by atoms with Crippen LogP contribution in [0.5, 0.6) is 11.5 Å². The summed E-state index contributed by atoms with van der Waals surface area (Å²) in [6, 6.07) is 4.36. The lowest BCUT2D eigenvalue weighted by atomic mass is 9.79. The van der Waals surface area contributed by atoms with Gasteiger partial charge in [-0.05, 0) is 23.8 Å². The molecule has 1 aliphatic rings. The molecular weight excluding hydrogens is 348 g/mol. The van der Waals surface area contributed by atoms with Crippen LogP contribution in [0.25, 0.3) is 6.08 Å². The van der Waals surface area contributed by atoms with E-state index in [2.05, 4.69) is 0 Å². The first kappa shape index (κ1) is 19.7. The van der Waals surface area contributed by atoms with E-state index in [-0.39, 0.29) is 11.5 Å². The van der Waals surface area contributed by atoms with Gasteiger partial charge >= 0.3 is 11.9 Å². The van der Waals surface area contributed by atoms with Gasteiger partial charge in [0.25, 0.3) is 0 Å². The molecule has 1 aromatic rings. The predicted molar refractivity (Wildman–Crippen MR) is 87.4 cm³/mol. The second-order valence-corrected chi connectivity index (χ2v) is 6.04. The number of aliphatic hydroxyl groups excluding tert-OH is 2. The minimum absolute atomic E-state index is 0.0699. The molecule has 4 atom stereocenters. The van der Waals surface area contributed by atoms with Gasteiger partial charge < -0.3 is 35.0 Å². The fraction of sp³-hybridized carbons (Fsp3) is 0.412. The number of aromatic hydroxyl groups is 1. The van der Waals surface area contributed by atoms with Crippen molar-refractivity contribution in [2.45, 2.75) is 36.8 Å². The summed E-state index contributed by atoms with van der Waals surface area (Å²) in [5.41, 5.74) is -1.78. The maximum absolute atomic E-state index is 11.9. The van der Waals surface area contributed by atoms with Crippen LogP contribution in [0, 0.1) is 0 Å². The Hall–Kier alpha value is -2.62. The van der Waals surface area contributed by atoms with Crippen LogP contribution < -0.4 is 4.74 Å². The molecule has 0 amide bonds. The molecule has 0 radical (unpaired) electrons. The number of aliphatic hydroxyl groups is 3. The number of esters is 1. The Balaban J connectivity index is 2.07. The number of carbonyl (C=O) groups excluding carboxylic acids is 1. The largest absolute Gasteiger partial charge is 0.504 e. The maximum Gasteiger partial charge on any atom is 0.335 e. The van der Waals surface area contributed by atoms with Gasteiger partial charge in [-0.2, -0.15) is 0 Å². The average Bonchev–Trinajstić information content (AvgIpc) is 2.58. The molecule has 1 saturated carbocycles. The van der Waals surface area contributed by atoms with Gasteiger partial charge in [0.1, 0.15) is 12.2 Å². The van der Waals surface area contributed by atoms with Crippen LogP contribution in [0.3, 0.4) is 0 Å². The van der Waals surface area contributed by atoms with Crippen molar-refractivity contribution in [3.05, 3.63) is 29.8 Å². The van der Waals surface area contributed by atoms with Crippen molar-refractivity contribution >= 4 is 18.0 Å². The van der Waals surface area contributed by atoms with Crippen molar-refractivity contribution in [3.63, 3.8) is 0 Å². The Labute approximate surface area is 148 Å². The van der Waals surface area contributed by atoms with E-state index in [0.717, 1.165) is 6.08 Å². The Morgan fingerprint density at radius 2 is 1.96 bits per heavy atom. The van der Waals surface area contributed by atoms with E-state index in [1.165, 1.54) is 31.4 Å². The highest BCUT2D eigenvalue weighted by Gasteiger charge is 2.50. The molecule has 0 spiro atoms. The molecule has 26 heavy (non-hydrogen) atoms. The Kier molecular flexibility index (Phi) is 5.86. The van der Waals surface area contributed by atoms with Crippen molar-refractivity contribution in [2.75, 3.05) is 7.11 Å². The van der Waals surface area contributed by atoms with E-state index < -0.39 is 48.7 Å². The topological polar surface area (TPSA) is 154 Å². The molecule has 2 rings (SSSR count). The second kappa shape index (κ2) is 7.73. The summed E-state index contributed by atoms with van der Waals surface area (Å²) in [5.74, 6) is -2.34. The normalized spacial score (nSPS) is 28.7. The highest BCUT2D eigenvalue weighted by atomic mass is 16.6. The number of phenolic OH excluding ortho intramolecular Hbond substituents is 1. The molecule has 5 N–H and O–H groups in total. The lowest BCUT2D eigenvalue weighted by Gasteiger charge is -2.39. The van der Waals surface area contributed by atoms with Gasteiger partial charge in [0, 0.05) is 18.9 Å². The fourth-order valence-corrected chi connectivity index (χ4v) is 2.69. The number of phenols is 1. The molecular formula is C17H20O9. The molecule has 1 aromatic carbocycles. The third-order valence-electron chi connectivity index (χ3n) is 4.14. The minimum Gasteiger partial charge on any atom is -0.504 e. The number of aliphatic carboxylic acids is 1. The SMILES string of the molecule is COc1cc(C=CC(=O)OC2CC(O)(C(=O)O)CC(O)C2O)ccc1O. The molecule has 9 nitrogen and oxygen atoms in total. The Morgan fingerprint density at radius 3 is 2.58 bits per heavy atom. The second-order valence-electron chi connectivity index (χ2n) is 6.04. The molecule has 0 aliphatic heterocycles. The molecule has 0 saturated heterocycles. The lowest BCUT2D eigenvalue weighted by Crippen LogP contribution is -2.57. The summed E-state index contributed by atoms with van der Waals surface area (Å²) in [5, 5.41) is 48.2. The van der Waals surface area contributed by atoms with E-state index >= 15 is 0 Å². The number of methoxy groups -OCH3 is 1. The van der Waals surface area contributed by atoms with E-state index in [1.54, 1.807) is 0 Å². The molecule has 142 valence electrons. The zero-order chi connectivity index (χ0) is 19.5. The van der Waals surface area contributed by atoms with Crippen LogP contribution in [-0.2, 0) is 14.3 Å². The molecule has 1 fully saturated rings. The van der Waals surface area contributed by atoms with Gasteiger partial charge in [0.15, 0.2) is 17.1 Å². The summed E-state index contributed by atoms with van der Waals surface area (Å²) in [6.07, 6.45) is -3.17. The van der Waals surface area contributed by atoms with Gasteiger partial charge in [-0.1, -0.05) is 6.07 Å². The third kappa shape index (κ3) is 4.31. The zero-order valence-corrected chi connectivity index (χ0v) is 13.9. The van der Waals surface area contributed by atoms with E-state index in [0.29, 0.717) is 5.56 Å². The van der Waals surface area contributed by atoms with Crippen LogP contribution in [0.4, 0.5) is 0 Å². The standard InChI is InChI=1S/C17H20O9/c1-25-12-6-9(2-4-10(12)18)3-5-14(20)26-13-8-17(24,16(22)23)7-11(19)15(13)21/h2-6,11,13,15,18-19,21,24H,7-8H2,1H3,(H,22,23). The first-order chi connectivity index (χ1) is 12.2. The Bertz CT molecular complexity index is 714. The first-order valence-electron chi connectivity index (χ1n) is 7.74. The Morgan fingerprint density at radius 1 is 1.27 bits per heavy atom. The van der Waals surface area contributed by atoms with Crippen molar-refractivity contribution in [1.82, 2.24) is 0 Å². The van der Waals surface area contributed by atoms with Gasteiger partial charge in [-0.3, -0.25) is 0 Å². The number of hydrogen-bond acceptors (Lipinski definition) is 8. The van der Waals surface area contributed by atoms with Gasteiger partial charge in [-0.15, -0.1) is 0 Å². The van der Waals surface area contributed by atoms with Crippen molar-refractivity contribution < 1.29 is 44.6 Å². The number of carbonyl (C=O) groups is 2. The molecule has 0 bridgehead atoms. The molecule has 4 unspecified atom stereocenters. The smallest absolute Gasteiger partial charge is 0.335 e. The van der Waals surface area contributed by atoms with E-state index in [9.17, 15) is 30.0 Å². The van der Waals surface area contributed by atoms with Gasteiger partial charge in [0.05, 0.1) is 13.2 Å². The number of carboxylic acids is 1. The zero-order valence-electron chi connectivity index (χ0n) is 13.9. The molecule has 1 aliphatic carbocycles. The number of rotatable bonds is 5. The monoisotopic (exact) mass is 368 g/mol. The van der Waals surface area contributed by atoms with Crippen LogP contribution in [0.1, 0.15) is 18.4 Å². The van der Waals surface area contributed by atoms with Crippen molar-refractivity contribution in [3.8, 4) is 11.5 Å². The highest BCUT2D eigenvalue weighted by Crippen LogP contribution is 2.31.